The number of nitrogens with zero attached hydrogens (tertiary/aromatic N) is 4. The van der Waals surface area contributed by atoms with Crippen LogP contribution in [0.2, 0.25) is 0 Å². The van der Waals surface area contributed by atoms with Gasteiger partial charge in [-0.25, -0.2) is 0 Å². The van der Waals surface area contributed by atoms with Crippen LogP contribution < -0.4 is 5.32 Å². The smallest absolute Gasteiger partial charge is 0.194 e. The molecule has 0 spiro atoms. The van der Waals surface area contributed by atoms with Crippen LogP contribution in [0.4, 0.5) is 0 Å². The molecule has 0 amide bonds. The zero-order valence-corrected chi connectivity index (χ0v) is 18.1. The molecule has 0 aromatic rings. The second kappa shape index (κ2) is 7.31. The Balaban J connectivity index is 1.69. The first kappa shape index (κ1) is 19.9. The molecule has 26 heavy (non-hydrogen) atoms. The highest BCUT2D eigenvalue weighted by molar-refractivity contribution is 5.82. The van der Waals surface area contributed by atoms with Crippen LogP contribution in [0.1, 0.15) is 59.8 Å². The summed E-state index contributed by atoms with van der Waals surface area (Å²) < 4.78 is 0. The van der Waals surface area contributed by atoms with Crippen molar-refractivity contribution in [1.82, 2.24) is 20.0 Å². The molecule has 0 saturated carbocycles. The van der Waals surface area contributed by atoms with Crippen molar-refractivity contribution in [3.05, 3.63) is 0 Å². The molecule has 0 aliphatic carbocycles. The second-order valence-electron chi connectivity index (χ2n) is 10.0. The van der Waals surface area contributed by atoms with Crippen LogP contribution in [0.25, 0.3) is 0 Å². The average molecular weight is 364 g/mol. The molecule has 3 heterocycles. The Labute approximate surface area is 161 Å². The van der Waals surface area contributed by atoms with E-state index in [1.54, 1.807) is 0 Å². The van der Waals surface area contributed by atoms with Crippen LogP contribution in [0.3, 0.4) is 0 Å². The van der Waals surface area contributed by atoms with Gasteiger partial charge in [-0.05, 0) is 72.8 Å². The van der Waals surface area contributed by atoms with E-state index in [2.05, 4.69) is 59.8 Å². The van der Waals surface area contributed by atoms with Crippen LogP contribution in [0.5, 0.6) is 0 Å². The topological polar surface area (TPSA) is 34.1 Å². The maximum Gasteiger partial charge on any atom is 0.194 e. The summed E-state index contributed by atoms with van der Waals surface area (Å²) >= 11 is 0. The summed E-state index contributed by atoms with van der Waals surface area (Å²) in [5.41, 5.74) is 0.788. The Morgan fingerprint density at radius 2 is 1.58 bits per heavy atom. The lowest BCUT2D eigenvalue weighted by Crippen LogP contribution is -2.73. The zero-order valence-electron chi connectivity index (χ0n) is 18.1. The summed E-state index contributed by atoms with van der Waals surface area (Å²) in [5.74, 6) is 1.09. The Bertz CT molecular complexity index is 510. The summed E-state index contributed by atoms with van der Waals surface area (Å²) in [6, 6.07) is 0. The Morgan fingerprint density at radius 3 is 2.08 bits per heavy atom. The summed E-state index contributed by atoms with van der Waals surface area (Å²) in [6.07, 6.45) is 6.66. The van der Waals surface area contributed by atoms with Crippen molar-refractivity contribution >= 4 is 5.96 Å². The van der Waals surface area contributed by atoms with Crippen molar-refractivity contribution in [3.8, 4) is 0 Å². The highest BCUT2D eigenvalue weighted by atomic mass is 15.4. The summed E-state index contributed by atoms with van der Waals surface area (Å²) in [7, 11) is 4.20. The van der Waals surface area contributed by atoms with Crippen molar-refractivity contribution in [3.63, 3.8) is 0 Å². The predicted octanol–water partition coefficient (Wildman–Crippen LogP) is 2.63. The van der Waals surface area contributed by atoms with Gasteiger partial charge in [0.1, 0.15) is 0 Å². The van der Waals surface area contributed by atoms with E-state index in [1.165, 1.54) is 58.3 Å². The average Bonchev–Trinajstić information content (AvgIpc) is 2.63. The van der Waals surface area contributed by atoms with E-state index in [-0.39, 0.29) is 5.54 Å². The van der Waals surface area contributed by atoms with Crippen molar-refractivity contribution in [2.24, 2.45) is 10.4 Å². The SMILES string of the molecule is CN=C(NCC1(N2CCCCC2)CCN(C)CC1)N1CC(C)(C)C1(C)C. The van der Waals surface area contributed by atoms with Crippen molar-refractivity contribution < 1.29 is 0 Å². The quantitative estimate of drug-likeness (QED) is 0.617. The number of hydrogen-bond donors (Lipinski definition) is 1. The van der Waals surface area contributed by atoms with Gasteiger partial charge >= 0.3 is 0 Å². The normalized spacial score (nSPS) is 29.3. The van der Waals surface area contributed by atoms with Crippen molar-refractivity contribution in [2.45, 2.75) is 70.9 Å². The first-order valence-electron chi connectivity index (χ1n) is 10.6. The molecule has 3 rings (SSSR count). The molecule has 150 valence electrons. The molecule has 5 heteroatoms. The lowest BCUT2D eigenvalue weighted by molar-refractivity contribution is -0.0677. The van der Waals surface area contributed by atoms with Crippen molar-refractivity contribution in [1.29, 1.82) is 0 Å². The van der Waals surface area contributed by atoms with Gasteiger partial charge in [0.05, 0.1) is 0 Å². The number of rotatable bonds is 3. The lowest BCUT2D eigenvalue weighted by atomic mass is 9.65. The molecule has 3 aliphatic rings. The predicted molar refractivity (Wildman–Crippen MR) is 111 cm³/mol. The van der Waals surface area contributed by atoms with Gasteiger partial charge in [-0.2, -0.15) is 0 Å². The number of piperidine rings is 2. The fraction of sp³-hybridized carbons (Fsp3) is 0.952. The highest BCUT2D eigenvalue weighted by Gasteiger charge is 2.54. The maximum absolute atomic E-state index is 4.65. The van der Waals surface area contributed by atoms with E-state index in [1.807, 2.05) is 7.05 Å². The molecular weight excluding hydrogens is 322 g/mol. The third kappa shape index (κ3) is 3.49. The Hall–Kier alpha value is -0.810. The van der Waals surface area contributed by atoms with E-state index in [4.69, 9.17) is 0 Å². The number of nitrogens with one attached hydrogen (secondary N) is 1. The molecule has 0 aromatic carbocycles. The van der Waals surface area contributed by atoms with Gasteiger partial charge in [0.15, 0.2) is 5.96 Å². The second-order valence-corrected chi connectivity index (χ2v) is 10.0. The fourth-order valence-corrected chi connectivity index (χ4v) is 4.95. The van der Waals surface area contributed by atoms with Gasteiger partial charge in [-0.1, -0.05) is 20.3 Å². The van der Waals surface area contributed by atoms with Gasteiger partial charge in [0.25, 0.3) is 0 Å². The molecular formula is C21H41N5. The van der Waals surface area contributed by atoms with E-state index < -0.39 is 0 Å². The minimum Gasteiger partial charge on any atom is -0.354 e. The number of guanidine groups is 1. The minimum absolute atomic E-state index is 0.153. The molecule has 3 aliphatic heterocycles. The van der Waals surface area contributed by atoms with Crippen LogP contribution in [-0.4, -0.2) is 85.1 Å². The zero-order chi connectivity index (χ0) is 19.0. The van der Waals surface area contributed by atoms with Crippen LogP contribution in [-0.2, 0) is 0 Å². The number of hydrogen-bond acceptors (Lipinski definition) is 3. The van der Waals surface area contributed by atoms with Crippen LogP contribution >= 0.6 is 0 Å². The van der Waals surface area contributed by atoms with Gasteiger partial charge in [-0.15, -0.1) is 0 Å². The van der Waals surface area contributed by atoms with E-state index in [0.29, 0.717) is 11.0 Å². The molecule has 0 unspecified atom stereocenters. The number of likely N-dealkylation sites (tertiary alicyclic amines) is 3. The molecule has 3 fully saturated rings. The Kier molecular flexibility index (Phi) is 5.60. The van der Waals surface area contributed by atoms with Crippen molar-refractivity contribution in [2.75, 3.05) is 53.4 Å². The monoisotopic (exact) mass is 363 g/mol. The molecule has 0 aromatic heterocycles. The minimum atomic E-state index is 0.153. The van der Waals surface area contributed by atoms with Gasteiger partial charge in [-0.3, -0.25) is 9.89 Å². The van der Waals surface area contributed by atoms with E-state index in [0.717, 1.165) is 19.0 Å². The molecule has 0 atom stereocenters. The molecule has 0 radical (unpaired) electrons. The van der Waals surface area contributed by atoms with Crippen LogP contribution in [0, 0.1) is 5.41 Å². The fourth-order valence-electron chi connectivity index (χ4n) is 4.95. The first-order valence-corrected chi connectivity index (χ1v) is 10.6. The lowest BCUT2D eigenvalue weighted by Gasteiger charge is -2.62. The summed E-state index contributed by atoms with van der Waals surface area (Å²) in [5, 5.41) is 3.80. The standard InChI is InChI=1S/C21H41N5/c1-19(2)17-26(20(19,3)4)18(22-5)23-16-21(10-14-24(6)15-11-21)25-12-8-7-9-13-25/h7-17H2,1-6H3,(H,22,23). The summed E-state index contributed by atoms with van der Waals surface area (Å²) in [4.78, 5) is 12.4. The molecule has 0 bridgehead atoms. The largest absolute Gasteiger partial charge is 0.354 e. The van der Waals surface area contributed by atoms with Gasteiger partial charge in [0.2, 0.25) is 0 Å². The van der Waals surface area contributed by atoms with Gasteiger partial charge < -0.3 is 15.1 Å². The number of aliphatic imine (C=N–C) groups is 1. The Morgan fingerprint density at radius 1 is 0.962 bits per heavy atom. The third-order valence-corrected chi connectivity index (χ3v) is 7.87. The van der Waals surface area contributed by atoms with Crippen LogP contribution in [0.15, 0.2) is 4.99 Å². The van der Waals surface area contributed by atoms with Gasteiger partial charge in [0, 0.05) is 36.6 Å². The first-order chi connectivity index (χ1) is 12.2. The highest BCUT2D eigenvalue weighted by Crippen LogP contribution is 2.46. The summed E-state index contributed by atoms with van der Waals surface area (Å²) in [6.45, 7) is 16.5. The molecule has 1 N–H and O–H groups in total. The molecule has 3 saturated heterocycles. The van der Waals surface area contributed by atoms with E-state index in [9.17, 15) is 0 Å². The maximum atomic E-state index is 4.65. The molecule has 5 nitrogen and oxygen atoms in total. The van der Waals surface area contributed by atoms with E-state index >= 15 is 0 Å². The third-order valence-electron chi connectivity index (χ3n) is 7.87.